The van der Waals surface area contributed by atoms with Crippen molar-refractivity contribution in [3.63, 3.8) is 0 Å². The maximum Gasteiger partial charge on any atom is 0.239 e. The number of ether oxygens (including phenoxy) is 1. The van der Waals surface area contributed by atoms with E-state index < -0.39 is 11.1 Å². The summed E-state index contributed by atoms with van der Waals surface area (Å²) in [6, 6.07) is 14.3. The average Bonchev–Trinajstić information content (AvgIpc) is 3.45. The number of anilines is 1. The SMILES string of the molecule is CCc1ccc(-c2csc(NC(=O)[C@@H](C)Sc3nnc(COc4ccccc4F)n3N)n2)cc1. The van der Waals surface area contributed by atoms with Gasteiger partial charge in [0, 0.05) is 10.9 Å². The van der Waals surface area contributed by atoms with Crippen molar-refractivity contribution in [3.05, 3.63) is 71.1 Å². The van der Waals surface area contributed by atoms with Gasteiger partial charge in [0.2, 0.25) is 11.1 Å². The minimum atomic E-state index is -0.511. The number of rotatable bonds is 9. The Morgan fingerprint density at radius 2 is 2.00 bits per heavy atom. The predicted octanol–water partition coefficient (Wildman–Crippen LogP) is 4.52. The Kier molecular flexibility index (Phi) is 7.43. The molecule has 2 aromatic heterocycles. The highest BCUT2D eigenvalue weighted by atomic mass is 32.2. The summed E-state index contributed by atoms with van der Waals surface area (Å²) in [5, 5.41) is 13.1. The van der Waals surface area contributed by atoms with Gasteiger partial charge in [-0.2, -0.15) is 0 Å². The number of hydrogen-bond donors (Lipinski definition) is 2. The normalized spacial score (nSPS) is 11.9. The Morgan fingerprint density at radius 1 is 1.24 bits per heavy atom. The van der Waals surface area contributed by atoms with Crippen molar-refractivity contribution >= 4 is 34.1 Å². The molecule has 0 aliphatic rings. The topological polar surface area (TPSA) is 108 Å². The summed E-state index contributed by atoms with van der Waals surface area (Å²) in [5.74, 6) is 5.73. The van der Waals surface area contributed by atoms with Crippen LogP contribution < -0.4 is 15.9 Å². The quantitative estimate of drug-likeness (QED) is 0.258. The Labute approximate surface area is 204 Å². The molecule has 1 amide bonds. The van der Waals surface area contributed by atoms with Crippen LogP contribution in [0.15, 0.2) is 59.1 Å². The molecular weight excluding hydrogens is 475 g/mol. The van der Waals surface area contributed by atoms with Gasteiger partial charge in [-0.3, -0.25) is 4.79 Å². The maximum absolute atomic E-state index is 13.7. The van der Waals surface area contributed by atoms with E-state index in [-0.39, 0.29) is 18.3 Å². The molecule has 3 N–H and O–H groups in total. The van der Waals surface area contributed by atoms with E-state index in [1.165, 1.54) is 33.7 Å². The minimum absolute atomic E-state index is 0.0628. The minimum Gasteiger partial charge on any atom is -0.482 e. The molecule has 0 aliphatic carbocycles. The van der Waals surface area contributed by atoms with Gasteiger partial charge in [0.15, 0.2) is 22.5 Å². The zero-order chi connectivity index (χ0) is 24.1. The number of nitrogens with zero attached hydrogens (tertiary/aromatic N) is 4. The molecule has 0 aliphatic heterocycles. The van der Waals surface area contributed by atoms with Crippen LogP contribution in [-0.2, 0) is 17.8 Å². The van der Waals surface area contributed by atoms with Gasteiger partial charge < -0.3 is 15.9 Å². The van der Waals surface area contributed by atoms with E-state index in [2.05, 4.69) is 39.6 Å². The Bertz CT molecular complexity index is 1270. The molecule has 4 aromatic rings. The molecule has 8 nitrogen and oxygen atoms in total. The number of aromatic nitrogens is 4. The number of aryl methyl sites for hydroxylation is 1. The molecule has 0 spiro atoms. The third kappa shape index (κ3) is 5.54. The standard InChI is InChI=1S/C23H23FN6O2S2/c1-3-15-8-10-16(11-9-15)18-13-33-22(26-18)27-21(31)14(2)34-23-29-28-20(30(23)25)12-32-19-7-5-4-6-17(19)24/h4-11,13-14H,3,12,25H2,1-2H3,(H,26,27,31)/t14-/m1/s1. The lowest BCUT2D eigenvalue weighted by Crippen LogP contribution is -2.24. The van der Waals surface area contributed by atoms with E-state index in [1.54, 1.807) is 19.1 Å². The second-order valence-electron chi connectivity index (χ2n) is 7.33. The number of carbonyl (C=O) groups is 1. The van der Waals surface area contributed by atoms with Crippen molar-refractivity contribution in [2.45, 2.75) is 37.3 Å². The summed E-state index contributed by atoms with van der Waals surface area (Å²) < 4.78 is 20.4. The number of benzene rings is 2. The van der Waals surface area contributed by atoms with Crippen molar-refractivity contribution in [3.8, 4) is 17.0 Å². The lowest BCUT2D eigenvalue weighted by molar-refractivity contribution is -0.115. The fourth-order valence-electron chi connectivity index (χ4n) is 2.98. The molecule has 0 saturated carbocycles. The van der Waals surface area contributed by atoms with E-state index in [0.717, 1.165) is 29.4 Å². The average molecular weight is 499 g/mol. The number of nitrogens with two attached hydrogens (primary N) is 1. The smallest absolute Gasteiger partial charge is 0.239 e. The molecule has 176 valence electrons. The Balaban J connectivity index is 1.34. The molecule has 2 aromatic carbocycles. The largest absolute Gasteiger partial charge is 0.482 e. The Morgan fingerprint density at radius 3 is 2.74 bits per heavy atom. The van der Waals surface area contributed by atoms with Crippen LogP contribution in [0, 0.1) is 5.82 Å². The van der Waals surface area contributed by atoms with Crippen LogP contribution in [0.4, 0.5) is 9.52 Å². The molecule has 34 heavy (non-hydrogen) atoms. The molecular formula is C23H23FN6O2S2. The highest BCUT2D eigenvalue weighted by Gasteiger charge is 2.21. The zero-order valence-corrected chi connectivity index (χ0v) is 20.2. The summed E-state index contributed by atoms with van der Waals surface area (Å²) >= 11 is 2.51. The number of thiazole rings is 1. The highest BCUT2D eigenvalue weighted by molar-refractivity contribution is 8.00. The lowest BCUT2D eigenvalue weighted by atomic mass is 10.1. The van der Waals surface area contributed by atoms with Crippen molar-refractivity contribution in [2.75, 3.05) is 11.2 Å². The number of halogens is 1. The second kappa shape index (κ2) is 10.7. The number of nitrogens with one attached hydrogen (secondary N) is 1. The van der Waals surface area contributed by atoms with Gasteiger partial charge in [0.1, 0.15) is 6.61 Å². The van der Waals surface area contributed by atoms with Gasteiger partial charge in [-0.1, -0.05) is 55.1 Å². The molecule has 0 bridgehead atoms. The van der Waals surface area contributed by atoms with E-state index >= 15 is 0 Å². The first-order valence-electron chi connectivity index (χ1n) is 10.5. The molecule has 1 atom stereocenters. The van der Waals surface area contributed by atoms with Crippen LogP contribution in [0.3, 0.4) is 0 Å². The zero-order valence-electron chi connectivity index (χ0n) is 18.6. The fourth-order valence-corrected chi connectivity index (χ4v) is 4.50. The van der Waals surface area contributed by atoms with Crippen molar-refractivity contribution in [1.29, 1.82) is 0 Å². The Hall–Kier alpha value is -3.44. The summed E-state index contributed by atoms with van der Waals surface area (Å²) in [7, 11) is 0. The van der Waals surface area contributed by atoms with Gasteiger partial charge in [-0.15, -0.1) is 21.5 Å². The van der Waals surface area contributed by atoms with Crippen LogP contribution in [0.25, 0.3) is 11.3 Å². The first kappa shape index (κ1) is 23.7. The van der Waals surface area contributed by atoms with E-state index in [0.29, 0.717) is 16.1 Å². The first-order chi connectivity index (χ1) is 16.4. The first-order valence-corrected chi connectivity index (χ1v) is 12.3. The van der Waals surface area contributed by atoms with Crippen LogP contribution in [0.2, 0.25) is 0 Å². The molecule has 0 radical (unpaired) electrons. The third-order valence-corrected chi connectivity index (χ3v) is 6.79. The van der Waals surface area contributed by atoms with Crippen molar-refractivity contribution in [2.24, 2.45) is 0 Å². The maximum atomic E-state index is 13.7. The summed E-state index contributed by atoms with van der Waals surface area (Å²) in [6.45, 7) is 3.78. The van der Waals surface area contributed by atoms with Crippen molar-refractivity contribution < 1.29 is 13.9 Å². The number of thioether (sulfide) groups is 1. The van der Waals surface area contributed by atoms with Gasteiger partial charge >= 0.3 is 0 Å². The molecule has 0 saturated heterocycles. The second-order valence-corrected chi connectivity index (χ2v) is 9.49. The van der Waals surface area contributed by atoms with Gasteiger partial charge in [-0.25, -0.2) is 14.1 Å². The number of amides is 1. The summed E-state index contributed by atoms with van der Waals surface area (Å²) in [5.41, 5.74) is 3.07. The van der Waals surface area contributed by atoms with Gasteiger partial charge in [-0.05, 0) is 31.0 Å². The highest BCUT2D eigenvalue weighted by Crippen LogP contribution is 2.27. The number of hydrogen-bond acceptors (Lipinski definition) is 8. The molecule has 2 heterocycles. The van der Waals surface area contributed by atoms with Crippen LogP contribution >= 0.6 is 23.1 Å². The fraction of sp³-hybridized carbons (Fsp3) is 0.217. The van der Waals surface area contributed by atoms with Crippen LogP contribution in [0.5, 0.6) is 5.75 Å². The van der Waals surface area contributed by atoms with Crippen LogP contribution in [0.1, 0.15) is 25.2 Å². The van der Waals surface area contributed by atoms with Crippen LogP contribution in [-0.4, -0.2) is 31.0 Å². The molecule has 4 rings (SSSR count). The van der Waals surface area contributed by atoms with Gasteiger partial charge in [0.25, 0.3) is 0 Å². The number of para-hydroxylation sites is 1. The number of carbonyl (C=O) groups excluding carboxylic acids is 1. The predicted molar refractivity (Wildman–Crippen MR) is 132 cm³/mol. The van der Waals surface area contributed by atoms with Crippen molar-refractivity contribution in [1.82, 2.24) is 19.9 Å². The summed E-state index contributed by atoms with van der Waals surface area (Å²) in [4.78, 5) is 17.2. The number of nitrogen functional groups attached to an aromatic ring is 1. The molecule has 0 unspecified atom stereocenters. The van der Waals surface area contributed by atoms with E-state index in [4.69, 9.17) is 10.6 Å². The third-order valence-electron chi connectivity index (χ3n) is 4.97. The van der Waals surface area contributed by atoms with Gasteiger partial charge in [0.05, 0.1) is 10.9 Å². The molecule has 0 fully saturated rings. The van der Waals surface area contributed by atoms with E-state index in [9.17, 15) is 9.18 Å². The molecule has 11 heteroatoms. The summed E-state index contributed by atoms with van der Waals surface area (Å²) in [6.07, 6.45) is 0.977. The lowest BCUT2D eigenvalue weighted by Gasteiger charge is -2.10. The van der Waals surface area contributed by atoms with E-state index in [1.807, 2.05) is 17.5 Å². The monoisotopic (exact) mass is 498 g/mol.